The average molecular weight is 353 g/mol. The summed E-state index contributed by atoms with van der Waals surface area (Å²) in [6, 6.07) is 10.6. The van der Waals surface area contributed by atoms with E-state index >= 15 is 0 Å². The largest absolute Gasteiger partial charge is 0.467 e. The van der Waals surface area contributed by atoms with Crippen molar-refractivity contribution in [2.45, 2.75) is 31.3 Å². The van der Waals surface area contributed by atoms with Gasteiger partial charge < -0.3 is 15.1 Å². The van der Waals surface area contributed by atoms with Gasteiger partial charge in [-0.1, -0.05) is 24.3 Å². The molecule has 7 heteroatoms. The van der Waals surface area contributed by atoms with E-state index in [-0.39, 0.29) is 19.0 Å². The summed E-state index contributed by atoms with van der Waals surface area (Å²) < 4.78 is 5.15. The second kappa shape index (κ2) is 6.33. The molecule has 2 heterocycles. The summed E-state index contributed by atoms with van der Waals surface area (Å²) in [7, 11) is 0. The van der Waals surface area contributed by atoms with Gasteiger partial charge in [0, 0.05) is 0 Å². The van der Waals surface area contributed by atoms with Gasteiger partial charge in [0.25, 0.3) is 5.91 Å². The predicted octanol–water partition coefficient (Wildman–Crippen LogP) is 1.68. The van der Waals surface area contributed by atoms with Gasteiger partial charge in [-0.05, 0) is 42.5 Å². The number of amides is 4. The number of hydrogen-bond donors (Lipinski definition) is 2. The maximum atomic E-state index is 13.1. The molecule has 2 aromatic rings. The lowest BCUT2D eigenvalue weighted by atomic mass is 9.76. The molecule has 1 spiro atoms. The van der Waals surface area contributed by atoms with Crippen molar-refractivity contribution in [3.63, 3.8) is 0 Å². The minimum Gasteiger partial charge on any atom is -0.467 e. The molecule has 1 aliphatic carbocycles. The molecular formula is C19H19N3O4. The Morgan fingerprint density at radius 1 is 1.23 bits per heavy atom. The van der Waals surface area contributed by atoms with Crippen LogP contribution >= 0.6 is 0 Å². The fourth-order valence-corrected chi connectivity index (χ4v) is 3.75. The van der Waals surface area contributed by atoms with Gasteiger partial charge in [-0.3, -0.25) is 14.5 Å². The molecule has 1 aliphatic heterocycles. The first-order valence-corrected chi connectivity index (χ1v) is 8.62. The first-order valence-electron chi connectivity index (χ1n) is 8.62. The van der Waals surface area contributed by atoms with E-state index in [2.05, 4.69) is 10.6 Å². The summed E-state index contributed by atoms with van der Waals surface area (Å²) >= 11 is 0. The summed E-state index contributed by atoms with van der Waals surface area (Å²) in [5.41, 5.74) is 0.854. The smallest absolute Gasteiger partial charge is 0.325 e. The Morgan fingerprint density at radius 2 is 2.08 bits per heavy atom. The van der Waals surface area contributed by atoms with Crippen LogP contribution in [0, 0.1) is 0 Å². The molecule has 1 atom stereocenters. The number of carbonyl (C=O) groups is 3. The third kappa shape index (κ3) is 2.65. The molecule has 4 rings (SSSR count). The van der Waals surface area contributed by atoms with E-state index < -0.39 is 17.5 Å². The van der Waals surface area contributed by atoms with Crippen molar-refractivity contribution < 1.29 is 18.8 Å². The topological polar surface area (TPSA) is 91.7 Å². The number of urea groups is 1. The minimum atomic E-state index is -1.05. The van der Waals surface area contributed by atoms with E-state index in [1.54, 1.807) is 12.1 Å². The molecule has 7 nitrogen and oxygen atoms in total. The van der Waals surface area contributed by atoms with Crippen LogP contribution in [0.5, 0.6) is 0 Å². The van der Waals surface area contributed by atoms with E-state index in [1.807, 2.05) is 24.3 Å². The quantitative estimate of drug-likeness (QED) is 0.818. The highest BCUT2D eigenvalue weighted by atomic mass is 16.3. The van der Waals surface area contributed by atoms with Gasteiger partial charge in [0.1, 0.15) is 17.8 Å². The standard InChI is InChI=1S/C19H19N3O4/c23-16(20-11-14-7-4-10-26-14)12-22-17(24)19(21-18(22)25)9-3-6-13-5-1-2-8-15(13)19/h1-2,4-5,7-8,10H,3,6,9,11-12H2,(H,20,23)(H,21,25)/t19-/m0/s1. The fourth-order valence-electron chi connectivity index (χ4n) is 3.75. The van der Waals surface area contributed by atoms with Gasteiger partial charge in [-0.25, -0.2) is 4.79 Å². The zero-order valence-corrected chi connectivity index (χ0v) is 14.2. The van der Waals surface area contributed by atoms with Crippen LogP contribution in [0.2, 0.25) is 0 Å². The van der Waals surface area contributed by atoms with Crippen molar-refractivity contribution in [3.8, 4) is 0 Å². The summed E-state index contributed by atoms with van der Waals surface area (Å²) in [5.74, 6) is -0.165. The van der Waals surface area contributed by atoms with E-state index in [9.17, 15) is 14.4 Å². The highest BCUT2D eigenvalue weighted by Gasteiger charge is 2.54. The second-order valence-electron chi connectivity index (χ2n) is 6.59. The third-order valence-corrected chi connectivity index (χ3v) is 4.99. The van der Waals surface area contributed by atoms with Crippen molar-refractivity contribution in [3.05, 3.63) is 59.5 Å². The molecule has 1 saturated heterocycles. The highest BCUT2D eigenvalue weighted by molar-refractivity contribution is 6.09. The molecule has 1 fully saturated rings. The number of aryl methyl sites for hydroxylation is 1. The van der Waals surface area contributed by atoms with Crippen LogP contribution in [-0.4, -0.2) is 29.3 Å². The van der Waals surface area contributed by atoms with Crippen LogP contribution in [0.3, 0.4) is 0 Å². The first kappa shape index (κ1) is 16.4. The lowest BCUT2D eigenvalue weighted by Gasteiger charge is -2.33. The predicted molar refractivity (Wildman–Crippen MR) is 91.9 cm³/mol. The lowest BCUT2D eigenvalue weighted by Crippen LogP contribution is -2.47. The molecule has 2 aliphatic rings. The van der Waals surface area contributed by atoms with Crippen LogP contribution in [0.15, 0.2) is 47.1 Å². The van der Waals surface area contributed by atoms with Gasteiger partial charge >= 0.3 is 6.03 Å². The lowest BCUT2D eigenvalue weighted by molar-refractivity contribution is -0.135. The number of rotatable bonds is 4. The fraction of sp³-hybridized carbons (Fsp3) is 0.316. The summed E-state index contributed by atoms with van der Waals surface area (Å²) in [6.07, 6.45) is 3.74. The van der Waals surface area contributed by atoms with E-state index in [1.165, 1.54) is 6.26 Å². The Bertz CT molecular complexity index is 861. The van der Waals surface area contributed by atoms with Crippen molar-refractivity contribution in [2.24, 2.45) is 0 Å². The number of hydrogen-bond acceptors (Lipinski definition) is 4. The van der Waals surface area contributed by atoms with Gasteiger partial charge in [0.2, 0.25) is 5.91 Å². The van der Waals surface area contributed by atoms with Gasteiger partial charge in [0.15, 0.2) is 0 Å². The molecule has 0 bridgehead atoms. The summed E-state index contributed by atoms with van der Waals surface area (Å²) in [6.45, 7) is -0.0985. The number of nitrogens with one attached hydrogen (secondary N) is 2. The molecule has 0 saturated carbocycles. The monoisotopic (exact) mass is 353 g/mol. The molecular weight excluding hydrogens is 334 g/mol. The number of furan rings is 1. The number of fused-ring (bicyclic) bond motifs is 2. The first-order chi connectivity index (χ1) is 12.6. The van der Waals surface area contributed by atoms with Crippen LogP contribution in [0.25, 0.3) is 0 Å². The summed E-state index contributed by atoms with van der Waals surface area (Å²) in [5, 5.41) is 5.50. The molecule has 0 unspecified atom stereocenters. The van der Waals surface area contributed by atoms with E-state index in [0.29, 0.717) is 12.2 Å². The molecule has 26 heavy (non-hydrogen) atoms. The average Bonchev–Trinajstić information content (AvgIpc) is 3.24. The summed E-state index contributed by atoms with van der Waals surface area (Å²) in [4.78, 5) is 38.7. The normalized spacial score (nSPS) is 21.6. The number of nitrogens with zero attached hydrogens (tertiary/aromatic N) is 1. The second-order valence-corrected chi connectivity index (χ2v) is 6.59. The van der Waals surface area contributed by atoms with Crippen molar-refractivity contribution in [1.29, 1.82) is 0 Å². The van der Waals surface area contributed by atoms with E-state index in [4.69, 9.17) is 4.42 Å². The van der Waals surface area contributed by atoms with Crippen LogP contribution in [0.4, 0.5) is 4.79 Å². The highest BCUT2D eigenvalue weighted by Crippen LogP contribution is 2.39. The molecule has 2 N–H and O–H groups in total. The molecule has 1 aromatic heterocycles. The SMILES string of the molecule is O=C(CN1C(=O)N[C@]2(CCCc3ccccc32)C1=O)NCc1ccco1. The number of carbonyl (C=O) groups excluding carboxylic acids is 3. The maximum absolute atomic E-state index is 13.1. The zero-order chi connectivity index (χ0) is 18.1. The third-order valence-electron chi connectivity index (χ3n) is 4.99. The van der Waals surface area contributed by atoms with Gasteiger partial charge in [-0.15, -0.1) is 0 Å². The van der Waals surface area contributed by atoms with Crippen molar-refractivity contribution in [1.82, 2.24) is 15.5 Å². The molecule has 134 valence electrons. The van der Waals surface area contributed by atoms with Crippen LogP contribution in [0.1, 0.15) is 29.7 Å². The van der Waals surface area contributed by atoms with Crippen LogP contribution in [-0.2, 0) is 28.1 Å². The number of imide groups is 1. The molecule has 0 radical (unpaired) electrons. The Morgan fingerprint density at radius 3 is 2.88 bits per heavy atom. The minimum absolute atomic E-state index is 0.212. The Balaban J connectivity index is 1.50. The molecule has 1 aromatic carbocycles. The Kier molecular flexibility index (Phi) is 3.99. The van der Waals surface area contributed by atoms with Crippen molar-refractivity contribution >= 4 is 17.8 Å². The van der Waals surface area contributed by atoms with Crippen molar-refractivity contribution in [2.75, 3.05) is 6.54 Å². The molecule has 4 amide bonds. The van der Waals surface area contributed by atoms with Crippen LogP contribution < -0.4 is 10.6 Å². The Labute approximate surface area is 150 Å². The van der Waals surface area contributed by atoms with Gasteiger partial charge in [-0.2, -0.15) is 0 Å². The maximum Gasteiger partial charge on any atom is 0.325 e. The Hall–Kier alpha value is -3.09. The van der Waals surface area contributed by atoms with Gasteiger partial charge in [0.05, 0.1) is 12.8 Å². The van der Waals surface area contributed by atoms with E-state index in [0.717, 1.165) is 28.9 Å². The zero-order valence-electron chi connectivity index (χ0n) is 14.2. The number of benzene rings is 1.